The molecule has 4 heteroatoms. The predicted molar refractivity (Wildman–Crippen MR) is 71.7 cm³/mol. The molecule has 18 heavy (non-hydrogen) atoms. The first-order valence-corrected chi connectivity index (χ1v) is 6.33. The topological polar surface area (TPSA) is 53.7 Å². The van der Waals surface area contributed by atoms with Crippen molar-refractivity contribution in [2.75, 3.05) is 20.3 Å². The number of rotatable bonds is 8. The second kappa shape index (κ2) is 8.08. The molecule has 0 radical (unpaired) electrons. The van der Waals surface area contributed by atoms with Gasteiger partial charge in [0.1, 0.15) is 5.75 Å². The van der Waals surface area contributed by atoms with Crippen LogP contribution in [0, 0.1) is 0 Å². The van der Waals surface area contributed by atoms with Crippen LogP contribution in [0.5, 0.6) is 5.75 Å². The van der Waals surface area contributed by atoms with Crippen molar-refractivity contribution in [3.63, 3.8) is 0 Å². The molecule has 0 aliphatic rings. The van der Waals surface area contributed by atoms with Crippen LogP contribution in [0.2, 0.25) is 0 Å². The van der Waals surface area contributed by atoms with Crippen molar-refractivity contribution >= 4 is 0 Å². The van der Waals surface area contributed by atoms with Crippen molar-refractivity contribution in [3.8, 4) is 5.75 Å². The smallest absolute Gasteiger partial charge is 0.172 e. The van der Waals surface area contributed by atoms with Crippen LogP contribution in [-0.4, -0.2) is 32.7 Å². The second-order valence-electron chi connectivity index (χ2n) is 4.00. The molecule has 0 unspecified atom stereocenters. The van der Waals surface area contributed by atoms with Gasteiger partial charge in [-0.2, -0.15) is 0 Å². The number of ether oxygens (including phenoxy) is 3. The van der Waals surface area contributed by atoms with Crippen LogP contribution >= 0.6 is 0 Å². The summed E-state index contributed by atoms with van der Waals surface area (Å²) in [5.41, 5.74) is 7.26. The van der Waals surface area contributed by atoms with Crippen LogP contribution < -0.4 is 10.5 Å². The van der Waals surface area contributed by atoms with Gasteiger partial charge >= 0.3 is 0 Å². The van der Waals surface area contributed by atoms with Gasteiger partial charge in [0.25, 0.3) is 0 Å². The van der Waals surface area contributed by atoms with Gasteiger partial charge in [-0.05, 0) is 38.0 Å². The molecule has 1 aromatic rings. The van der Waals surface area contributed by atoms with Crippen molar-refractivity contribution in [2.45, 2.75) is 32.6 Å². The highest BCUT2D eigenvalue weighted by Crippen LogP contribution is 2.14. The fourth-order valence-electron chi connectivity index (χ4n) is 1.75. The summed E-state index contributed by atoms with van der Waals surface area (Å²) in [6, 6.07) is 7.70. The maximum absolute atomic E-state index is 6.11. The molecule has 1 aromatic carbocycles. The Morgan fingerprint density at radius 3 is 2.06 bits per heavy atom. The van der Waals surface area contributed by atoms with Gasteiger partial charge < -0.3 is 19.9 Å². The van der Waals surface area contributed by atoms with Gasteiger partial charge in [0, 0.05) is 13.2 Å². The summed E-state index contributed by atoms with van der Waals surface area (Å²) in [6.45, 7) is 5.07. The van der Waals surface area contributed by atoms with E-state index in [4.69, 9.17) is 19.9 Å². The van der Waals surface area contributed by atoms with E-state index in [0.29, 0.717) is 19.6 Å². The lowest BCUT2D eigenvalue weighted by atomic mass is 10.1. The van der Waals surface area contributed by atoms with E-state index in [1.54, 1.807) is 7.11 Å². The van der Waals surface area contributed by atoms with E-state index in [-0.39, 0.29) is 12.3 Å². The summed E-state index contributed by atoms with van der Waals surface area (Å²) < 4.78 is 16.1. The zero-order chi connectivity index (χ0) is 13.4. The van der Waals surface area contributed by atoms with E-state index in [0.717, 1.165) is 11.3 Å². The van der Waals surface area contributed by atoms with Crippen molar-refractivity contribution in [3.05, 3.63) is 29.8 Å². The molecular formula is C14H23NO3. The largest absolute Gasteiger partial charge is 0.497 e. The fourth-order valence-corrected chi connectivity index (χ4v) is 1.75. The van der Waals surface area contributed by atoms with Crippen molar-refractivity contribution in [2.24, 2.45) is 5.73 Å². The molecule has 0 aliphatic carbocycles. The molecule has 0 saturated carbocycles. The van der Waals surface area contributed by atoms with Crippen LogP contribution in [0.15, 0.2) is 24.3 Å². The van der Waals surface area contributed by atoms with Gasteiger partial charge in [0.2, 0.25) is 0 Å². The monoisotopic (exact) mass is 253 g/mol. The molecule has 0 fully saturated rings. The number of methoxy groups -OCH3 is 1. The first-order chi connectivity index (χ1) is 8.71. The third kappa shape index (κ3) is 4.64. The van der Waals surface area contributed by atoms with Crippen LogP contribution in [-0.2, 0) is 15.9 Å². The molecule has 0 aromatic heterocycles. The van der Waals surface area contributed by atoms with E-state index in [9.17, 15) is 0 Å². The Hall–Kier alpha value is -1.10. The Bertz CT molecular complexity index is 320. The minimum Gasteiger partial charge on any atom is -0.497 e. The maximum atomic E-state index is 6.11. The minimum atomic E-state index is -0.345. The fraction of sp³-hybridized carbons (Fsp3) is 0.571. The number of benzene rings is 1. The Balaban J connectivity index is 2.57. The van der Waals surface area contributed by atoms with E-state index >= 15 is 0 Å². The first kappa shape index (κ1) is 15.0. The molecular weight excluding hydrogens is 230 g/mol. The lowest BCUT2D eigenvalue weighted by Gasteiger charge is -2.23. The Morgan fingerprint density at radius 2 is 1.61 bits per heavy atom. The SMILES string of the molecule is CCOC(OCC)[C@@H](N)Cc1ccc(OC)cc1. The molecule has 0 saturated heterocycles. The van der Waals surface area contributed by atoms with Crippen LogP contribution in [0.25, 0.3) is 0 Å². The molecule has 2 N–H and O–H groups in total. The molecule has 4 nitrogen and oxygen atoms in total. The van der Waals surface area contributed by atoms with Gasteiger partial charge in [-0.15, -0.1) is 0 Å². The molecule has 0 bridgehead atoms. The Morgan fingerprint density at radius 1 is 1.06 bits per heavy atom. The maximum Gasteiger partial charge on any atom is 0.172 e. The summed E-state index contributed by atoms with van der Waals surface area (Å²) >= 11 is 0. The summed E-state index contributed by atoms with van der Waals surface area (Å²) in [6.07, 6.45) is 0.372. The van der Waals surface area contributed by atoms with Crippen molar-refractivity contribution in [1.29, 1.82) is 0 Å². The molecule has 1 atom stereocenters. The van der Waals surface area contributed by atoms with Crippen LogP contribution in [0.4, 0.5) is 0 Å². The summed E-state index contributed by atoms with van der Waals surface area (Å²) in [5.74, 6) is 0.846. The second-order valence-corrected chi connectivity index (χ2v) is 4.00. The van der Waals surface area contributed by atoms with E-state index in [1.165, 1.54) is 0 Å². The molecule has 0 heterocycles. The standard InChI is InChI=1S/C14H23NO3/c1-4-17-14(18-5-2)13(15)10-11-6-8-12(16-3)9-7-11/h6-9,13-14H,4-5,10,15H2,1-3H3/t13-/m0/s1. The van der Waals surface area contributed by atoms with Gasteiger partial charge in [0.15, 0.2) is 6.29 Å². The molecule has 1 rings (SSSR count). The average molecular weight is 253 g/mol. The number of hydrogen-bond donors (Lipinski definition) is 1. The molecule has 0 amide bonds. The highest BCUT2D eigenvalue weighted by Gasteiger charge is 2.18. The van der Waals surface area contributed by atoms with Gasteiger partial charge in [0.05, 0.1) is 13.2 Å². The van der Waals surface area contributed by atoms with Gasteiger partial charge in [-0.1, -0.05) is 12.1 Å². The van der Waals surface area contributed by atoms with Gasteiger partial charge in [-0.3, -0.25) is 0 Å². The van der Waals surface area contributed by atoms with Gasteiger partial charge in [-0.25, -0.2) is 0 Å². The summed E-state index contributed by atoms with van der Waals surface area (Å²) in [7, 11) is 1.65. The highest BCUT2D eigenvalue weighted by molar-refractivity contribution is 5.27. The van der Waals surface area contributed by atoms with E-state index < -0.39 is 0 Å². The highest BCUT2D eigenvalue weighted by atomic mass is 16.7. The predicted octanol–water partition coefficient (Wildman–Crippen LogP) is 1.96. The zero-order valence-electron chi connectivity index (χ0n) is 11.4. The third-order valence-corrected chi connectivity index (χ3v) is 2.64. The molecule has 0 aliphatic heterocycles. The minimum absolute atomic E-state index is 0.168. The first-order valence-electron chi connectivity index (χ1n) is 6.33. The Labute approximate surface area is 109 Å². The number of nitrogens with two attached hydrogens (primary N) is 1. The lowest BCUT2D eigenvalue weighted by Crippen LogP contribution is -2.40. The summed E-state index contributed by atoms with van der Waals surface area (Å²) in [4.78, 5) is 0. The third-order valence-electron chi connectivity index (χ3n) is 2.64. The average Bonchev–Trinajstić information content (AvgIpc) is 2.39. The van der Waals surface area contributed by atoms with E-state index in [2.05, 4.69) is 0 Å². The lowest BCUT2D eigenvalue weighted by molar-refractivity contribution is -0.148. The molecule has 102 valence electrons. The van der Waals surface area contributed by atoms with Crippen molar-refractivity contribution < 1.29 is 14.2 Å². The van der Waals surface area contributed by atoms with Crippen LogP contribution in [0.1, 0.15) is 19.4 Å². The Kier molecular flexibility index (Phi) is 6.72. The summed E-state index contributed by atoms with van der Waals surface area (Å²) in [5, 5.41) is 0. The van der Waals surface area contributed by atoms with E-state index in [1.807, 2.05) is 38.1 Å². The van der Waals surface area contributed by atoms with Crippen molar-refractivity contribution in [1.82, 2.24) is 0 Å². The zero-order valence-corrected chi connectivity index (χ0v) is 11.4. The molecule has 0 spiro atoms. The van der Waals surface area contributed by atoms with Crippen LogP contribution in [0.3, 0.4) is 0 Å². The number of hydrogen-bond acceptors (Lipinski definition) is 4. The normalized spacial score (nSPS) is 12.7. The quantitative estimate of drug-likeness (QED) is 0.720.